The first-order chi connectivity index (χ1) is 12.5. The van der Waals surface area contributed by atoms with Gasteiger partial charge in [-0.15, -0.1) is 0 Å². The number of ether oxygens (including phenoxy) is 4. The molecule has 0 saturated carbocycles. The van der Waals surface area contributed by atoms with Crippen LogP contribution < -0.4 is 19.5 Å². The summed E-state index contributed by atoms with van der Waals surface area (Å²) in [5.41, 5.74) is 1.55. The van der Waals surface area contributed by atoms with Crippen LogP contribution in [0.3, 0.4) is 0 Å². The predicted molar refractivity (Wildman–Crippen MR) is 95.0 cm³/mol. The van der Waals surface area contributed by atoms with Crippen LogP contribution in [0.4, 0.5) is 0 Å². The highest BCUT2D eigenvalue weighted by molar-refractivity contribution is 5.96. The van der Waals surface area contributed by atoms with Crippen LogP contribution in [-0.2, 0) is 11.3 Å². The van der Waals surface area contributed by atoms with Crippen molar-refractivity contribution in [2.75, 3.05) is 28.4 Å². The Morgan fingerprint density at radius 2 is 1.35 bits per heavy atom. The van der Waals surface area contributed by atoms with Gasteiger partial charge in [-0.1, -0.05) is 0 Å². The van der Waals surface area contributed by atoms with E-state index in [1.165, 1.54) is 40.6 Å². The number of rotatable bonds is 7. The third kappa shape index (κ3) is 4.24. The number of hydrogen-bond donors (Lipinski definition) is 1. The Labute approximate surface area is 151 Å². The fourth-order valence-corrected chi connectivity index (χ4v) is 2.38. The van der Waals surface area contributed by atoms with Crippen LogP contribution in [0.15, 0.2) is 36.4 Å². The summed E-state index contributed by atoms with van der Waals surface area (Å²) in [5.74, 6) is 0.923. The number of amides is 1. The van der Waals surface area contributed by atoms with Gasteiger partial charge in [0.25, 0.3) is 5.91 Å². The lowest BCUT2D eigenvalue weighted by Gasteiger charge is -2.14. The molecule has 0 aliphatic carbocycles. The Morgan fingerprint density at radius 3 is 1.88 bits per heavy atom. The van der Waals surface area contributed by atoms with Gasteiger partial charge in [-0.25, -0.2) is 4.79 Å². The molecule has 0 unspecified atom stereocenters. The van der Waals surface area contributed by atoms with Crippen LogP contribution in [0.5, 0.6) is 17.2 Å². The minimum absolute atomic E-state index is 0.237. The lowest BCUT2D eigenvalue weighted by atomic mass is 10.1. The van der Waals surface area contributed by atoms with Crippen LogP contribution in [0.25, 0.3) is 0 Å². The van der Waals surface area contributed by atoms with Gasteiger partial charge < -0.3 is 24.3 Å². The average molecular weight is 359 g/mol. The molecule has 7 heteroatoms. The quantitative estimate of drug-likeness (QED) is 0.765. The minimum atomic E-state index is -0.452. The van der Waals surface area contributed by atoms with Crippen molar-refractivity contribution in [3.05, 3.63) is 53.1 Å². The molecule has 0 bridgehead atoms. The fraction of sp³-hybridized carbons (Fsp3) is 0.263. The summed E-state index contributed by atoms with van der Waals surface area (Å²) in [4.78, 5) is 23.8. The second-order valence-corrected chi connectivity index (χ2v) is 5.27. The topological polar surface area (TPSA) is 83.1 Å². The van der Waals surface area contributed by atoms with Gasteiger partial charge in [0, 0.05) is 23.7 Å². The van der Waals surface area contributed by atoms with Crippen molar-refractivity contribution in [1.29, 1.82) is 0 Å². The molecule has 0 radical (unpaired) electrons. The van der Waals surface area contributed by atoms with Crippen molar-refractivity contribution < 1.29 is 28.5 Å². The number of methoxy groups -OCH3 is 4. The molecule has 2 aromatic rings. The molecule has 0 spiro atoms. The Bertz CT molecular complexity index is 785. The van der Waals surface area contributed by atoms with Gasteiger partial charge in [-0.2, -0.15) is 0 Å². The van der Waals surface area contributed by atoms with Crippen molar-refractivity contribution in [2.24, 2.45) is 0 Å². The summed E-state index contributed by atoms with van der Waals surface area (Å²) < 4.78 is 20.5. The summed E-state index contributed by atoms with van der Waals surface area (Å²) >= 11 is 0. The zero-order valence-corrected chi connectivity index (χ0v) is 15.1. The van der Waals surface area contributed by atoms with Gasteiger partial charge >= 0.3 is 5.97 Å². The minimum Gasteiger partial charge on any atom is -0.496 e. The third-order valence-corrected chi connectivity index (χ3v) is 3.79. The van der Waals surface area contributed by atoms with E-state index < -0.39 is 5.97 Å². The number of hydrogen-bond acceptors (Lipinski definition) is 6. The summed E-state index contributed by atoms with van der Waals surface area (Å²) in [5, 5.41) is 2.81. The lowest BCUT2D eigenvalue weighted by molar-refractivity contribution is 0.0600. The summed E-state index contributed by atoms with van der Waals surface area (Å²) in [6.45, 7) is 0.237. The molecule has 138 valence electrons. The van der Waals surface area contributed by atoms with Crippen LogP contribution in [0, 0.1) is 0 Å². The Morgan fingerprint density at radius 1 is 0.808 bits per heavy atom. The molecule has 26 heavy (non-hydrogen) atoms. The molecule has 2 rings (SSSR count). The number of esters is 1. The molecule has 0 heterocycles. The largest absolute Gasteiger partial charge is 0.496 e. The number of nitrogens with one attached hydrogen (secondary N) is 1. The standard InChI is InChI=1S/C19H21NO6/c1-23-15-10-17(25-3)16(24-2)9-14(15)11-20-18(21)12-5-7-13(8-6-12)19(22)26-4/h5-10H,11H2,1-4H3,(H,20,21). The van der Waals surface area contributed by atoms with Crippen molar-refractivity contribution in [2.45, 2.75) is 6.54 Å². The van der Waals surface area contributed by atoms with E-state index in [1.807, 2.05) is 0 Å². The van der Waals surface area contributed by atoms with Crippen molar-refractivity contribution in [3.63, 3.8) is 0 Å². The normalized spacial score (nSPS) is 10.0. The van der Waals surface area contributed by atoms with Gasteiger partial charge in [0.15, 0.2) is 11.5 Å². The molecule has 0 saturated heterocycles. The maximum absolute atomic E-state index is 12.3. The average Bonchev–Trinajstić information content (AvgIpc) is 2.70. The highest BCUT2D eigenvalue weighted by atomic mass is 16.5. The molecular weight excluding hydrogens is 338 g/mol. The fourth-order valence-electron chi connectivity index (χ4n) is 2.38. The van der Waals surface area contributed by atoms with Gasteiger partial charge in [0.1, 0.15) is 5.75 Å². The Hall–Kier alpha value is -3.22. The molecule has 0 atom stereocenters. The smallest absolute Gasteiger partial charge is 0.337 e. The van der Waals surface area contributed by atoms with Gasteiger partial charge in [-0.05, 0) is 30.3 Å². The Kier molecular flexibility index (Phi) is 6.43. The van der Waals surface area contributed by atoms with Gasteiger partial charge in [0.05, 0.1) is 34.0 Å². The third-order valence-electron chi connectivity index (χ3n) is 3.79. The molecule has 1 amide bonds. The van der Waals surface area contributed by atoms with Crippen LogP contribution in [0.2, 0.25) is 0 Å². The first-order valence-electron chi connectivity index (χ1n) is 7.79. The molecule has 0 aromatic heterocycles. The van der Waals surface area contributed by atoms with Crippen molar-refractivity contribution >= 4 is 11.9 Å². The second-order valence-electron chi connectivity index (χ2n) is 5.27. The molecule has 1 N–H and O–H groups in total. The van der Waals surface area contributed by atoms with E-state index in [4.69, 9.17) is 14.2 Å². The second kappa shape index (κ2) is 8.75. The van der Waals surface area contributed by atoms with Crippen molar-refractivity contribution in [1.82, 2.24) is 5.32 Å². The maximum Gasteiger partial charge on any atom is 0.337 e. The number of carbonyl (C=O) groups is 2. The molecule has 0 fully saturated rings. The Balaban J connectivity index is 2.12. The predicted octanol–water partition coefficient (Wildman–Crippen LogP) is 2.43. The van der Waals surface area contributed by atoms with Crippen LogP contribution in [-0.4, -0.2) is 40.3 Å². The highest BCUT2D eigenvalue weighted by Crippen LogP contribution is 2.34. The van der Waals surface area contributed by atoms with E-state index in [9.17, 15) is 9.59 Å². The maximum atomic E-state index is 12.3. The molecule has 2 aromatic carbocycles. The number of carbonyl (C=O) groups excluding carboxylic acids is 2. The zero-order valence-electron chi connectivity index (χ0n) is 15.1. The van der Waals surface area contributed by atoms with Crippen LogP contribution in [0.1, 0.15) is 26.3 Å². The number of benzene rings is 2. The van der Waals surface area contributed by atoms with Gasteiger partial charge in [-0.3, -0.25) is 4.79 Å². The van der Waals surface area contributed by atoms with Crippen LogP contribution >= 0.6 is 0 Å². The first-order valence-corrected chi connectivity index (χ1v) is 7.79. The van der Waals surface area contributed by atoms with Gasteiger partial charge in [0.2, 0.25) is 0 Å². The van der Waals surface area contributed by atoms with E-state index in [1.54, 1.807) is 24.3 Å². The monoisotopic (exact) mass is 359 g/mol. The highest BCUT2D eigenvalue weighted by Gasteiger charge is 2.14. The van der Waals surface area contributed by atoms with E-state index in [0.29, 0.717) is 28.4 Å². The van der Waals surface area contributed by atoms with Crippen molar-refractivity contribution in [3.8, 4) is 17.2 Å². The molecule has 7 nitrogen and oxygen atoms in total. The zero-order chi connectivity index (χ0) is 19.1. The SMILES string of the molecule is COC(=O)c1ccc(C(=O)NCc2cc(OC)c(OC)cc2OC)cc1. The summed E-state index contributed by atoms with van der Waals surface area (Å²) in [6, 6.07) is 9.65. The molecule has 0 aliphatic rings. The summed E-state index contributed by atoms with van der Waals surface area (Å²) in [7, 11) is 5.92. The van der Waals surface area contributed by atoms with E-state index in [2.05, 4.69) is 10.1 Å². The van der Waals surface area contributed by atoms with E-state index in [-0.39, 0.29) is 12.5 Å². The molecular formula is C19H21NO6. The lowest BCUT2D eigenvalue weighted by Crippen LogP contribution is -2.23. The van der Waals surface area contributed by atoms with E-state index >= 15 is 0 Å². The van der Waals surface area contributed by atoms with E-state index in [0.717, 1.165) is 5.56 Å². The first kappa shape index (κ1) is 19.1. The summed E-state index contributed by atoms with van der Waals surface area (Å²) in [6.07, 6.45) is 0. The molecule has 0 aliphatic heterocycles.